The maximum atomic E-state index is 12.3. The van der Waals surface area contributed by atoms with E-state index in [0.29, 0.717) is 12.1 Å². The largest absolute Gasteiger partial charge is 0.324 e. The first-order valence-corrected chi connectivity index (χ1v) is 6.83. The topological polar surface area (TPSA) is 59.8 Å². The van der Waals surface area contributed by atoms with E-state index in [-0.39, 0.29) is 5.91 Å². The van der Waals surface area contributed by atoms with Crippen LogP contribution < -0.4 is 5.32 Å². The Balaban J connectivity index is 1.88. The maximum Gasteiger partial charge on any atom is 0.233 e. The van der Waals surface area contributed by atoms with E-state index in [1.165, 1.54) is 6.33 Å². The van der Waals surface area contributed by atoms with Crippen LogP contribution in [0.4, 0.5) is 5.69 Å². The van der Waals surface area contributed by atoms with Crippen molar-refractivity contribution in [3.63, 3.8) is 0 Å². The summed E-state index contributed by atoms with van der Waals surface area (Å²) in [5, 5.41) is 6.92. The summed E-state index contributed by atoms with van der Waals surface area (Å²) in [7, 11) is 0. The molecule has 7 heteroatoms. The molecule has 1 aromatic heterocycles. The van der Waals surface area contributed by atoms with Crippen molar-refractivity contribution in [2.45, 2.75) is 17.7 Å². The molecule has 104 valence electrons. The van der Waals surface area contributed by atoms with Gasteiger partial charge < -0.3 is 5.32 Å². The lowest BCUT2D eigenvalue weighted by Gasteiger charge is -2.15. The van der Waals surface area contributed by atoms with Gasteiger partial charge >= 0.3 is 0 Å². The Kier molecular flexibility index (Phi) is 2.99. The highest BCUT2D eigenvalue weighted by Crippen LogP contribution is 2.64. The number of anilines is 1. The average Bonchev–Trinajstić information content (AvgIpc) is 2.82. The van der Waals surface area contributed by atoms with Crippen molar-refractivity contribution in [2.24, 2.45) is 5.41 Å². The normalized spacial score (nSPS) is 23.4. The number of nitrogens with zero attached hydrogens (tertiary/aromatic N) is 3. The van der Waals surface area contributed by atoms with Crippen molar-refractivity contribution in [1.82, 2.24) is 14.8 Å². The third-order valence-corrected chi connectivity index (χ3v) is 4.68. The first-order valence-electron chi connectivity index (χ1n) is 6.07. The molecule has 1 amide bonds. The van der Waals surface area contributed by atoms with Crippen LogP contribution in [0.15, 0.2) is 36.9 Å². The number of nitrogens with one attached hydrogen (secondary N) is 1. The second-order valence-corrected chi connectivity index (χ2v) is 6.51. The first-order chi connectivity index (χ1) is 9.44. The molecule has 1 atom stereocenters. The van der Waals surface area contributed by atoms with E-state index in [1.807, 2.05) is 18.2 Å². The van der Waals surface area contributed by atoms with Gasteiger partial charge in [-0.2, -0.15) is 5.10 Å². The van der Waals surface area contributed by atoms with E-state index in [4.69, 9.17) is 23.2 Å². The van der Waals surface area contributed by atoms with Gasteiger partial charge in [-0.3, -0.25) is 4.79 Å². The van der Waals surface area contributed by atoms with E-state index < -0.39 is 9.75 Å². The Bertz CT molecular complexity index is 656. The zero-order valence-electron chi connectivity index (χ0n) is 10.7. The number of carbonyl (C=O) groups is 1. The van der Waals surface area contributed by atoms with Crippen molar-refractivity contribution in [1.29, 1.82) is 0 Å². The summed E-state index contributed by atoms with van der Waals surface area (Å²) >= 11 is 12.1. The number of benzene rings is 1. The molecule has 20 heavy (non-hydrogen) atoms. The minimum absolute atomic E-state index is 0.199. The van der Waals surface area contributed by atoms with E-state index in [1.54, 1.807) is 24.0 Å². The third-order valence-electron chi connectivity index (χ3n) is 3.58. The molecule has 1 aliphatic rings. The Hall–Kier alpha value is -1.59. The molecule has 1 saturated carbocycles. The van der Waals surface area contributed by atoms with Crippen molar-refractivity contribution in [3.8, 4) is 5.69 Å². The SMILES string of the molecule is C[C@@]1(C(=O)Nc2ccccc2-n2cncn2)CC1(Cl)Cl. The molecular weight excluding hydrogens is 299 g/mol. The molecule has 5 nitrogen and oxygen atoms in total. The quantitative estimate of drug-likeness (QED) is 0.887. The Morgan fingerprint density at radius 3 is 2.70 bits per heavy atom. The van der Waals surface area contributed by atoms with Gasteiger partial charge in [-0.1, -0.05) is 12.1 Å². The van der Waals surface area contributed by atoms with Crippen LogP contribution in [0, 0.1) is 5.41 Å². The Morgan fingerprint density at radius 2 is 2.10 bits per heavy atom. The fourth-order valence-corrected chi connectivity index (χ4v) is 2.72. The van der Waals surface area contributed by atoms with Crippen LogP contribution in [0.25, 0.3) is 5.69 Å². The molecule has 1 aromatic carbocycles. The van der Waals surface area contributed by atoms with Crippen molar-refractivity contribution < 1.29 is 4.79 Å². The van der Waals surface area contributed by atoms with Gasteiger partial charge in [0.2, 0.25) is 5.91 Å². The van der Waals surface area contributed by atoms with E-state index in [0.717, 1.165) is 5.69 Å². The molecular formula is C13H12Cl2N4O. The second kappa shape index (κ2) is 4.46. The molecule has 0 aliphatic heterocycles. The van der Waals surface area contributed by atoms with Crippen molar-refractivity contribution in [2.75, 3.05) is 5.32 Å². The van der Waals surface area contributed by atoms with Crippen molar-refractivity contribution in [3.05, 3.63) is 36.9 Å². The summed E-state index contributed by atoms with van der Waals surface area (Å²) in [5.41, 5.74) is 0.614. The Morgan fingerprint density at radius 1 is 1.40 bits per heavy atom. The molecule has 2 aromatic rings. The highest BCUT2D eigenvalue weighted by molar-refractivity contribution is 6.53. The van der Waals surface area contributed by atoms with E-state index in [2.05, 4.69) is 15.4 Å². The van der Waals surface area contributed by atoms with Crippen LogP contribution in [0.3, 0.4) is 0 Å². The molecule has 0 unspecified atom stereocenters. The molecule has 0 spiro atoms. The molecule has 1 heterocycles. The van der Waals surface area contributed by atoms with Gasteiger partial charge in [-0.05, 0) is 25.5 Å². The highest BCUT2D eigenvalue weighted by Gasteiger charge is 2.67. The summed E-state index contributed by atoms with van der Waals surface area (Å²) < 4.78 is 0.596. The zero-order valence-corrected chi connectivity index (χ0v) is 12.2. The van der Waals surface area contributed by atoms with Crippen LogP contribution in [0.2, 0.25) is 0 Å². The van der Waals surface area contributed by atoms with E-state index in [9.17, 15) is 4.79 Å². The lowest BCUT2D eigenvalue weighted by atomic mass is 10.1. The standard InChI is InChI=1S/C13H12Cl2N4O/c1-12(6-13(12,14)15)11(20)18-9-4-2-3-5-10(9)19-8-16-7-17-19/h2-5,7-8H,6H2,1H3,(H,18,20)/t12-/m0/s1. The average molecular weight is 311 g/mol. The van der Waals surface area contributed by atoms with E-state index >= 15 is 0 Å². The number of amides is 1. The van der Waals surface area contributed by atoms with Gasteiger partial charge in [0.1, 0.15) is 17.0 Å². The number of hydrogen-bond donors (Lipinski definition) is 1. The van der Waals surface area contributed by atoms with Crippen LogP contribution in [-0.4, -0.2) is 25.0 Å². The summed E-state index contributed by atoms with van der Waals surface area (Å²) in [6.07, 6.45) is 3.45. The van der Waals surface area contributed by atoms with Gasteiger partial charge in [0.15, 0.2) is 0 Å². The monoisotopic (exact) mass is 310 g/mol. The minimum Gasteiger partial charge on any atom is -0.324 e. The molecule has 0 bridgehead atoms. The molecule has 1 N–H and O–H groups in total. The third kappa shape index (κ3) is 2.07. The van der Waals surface area contributed by atoms with Gasteiger partial charge in [0, 0.05) is 0 Å². The number of carbonyl (C=O) groups excluding carboxylic acids is 1. The van der Waals surface area contributed by atoms with Gasteiger partial charge in [-0.15, -0.1) is 23.2 Å². The molecule has 1 aliphatic carbocycles. The lowest BCUT2D eigenvalue weighted by Crippen LogP contribution is -2.26. The minimum atomic E-state index is -0.987. The van der Waals surface area contributed by atoms with Gasteiger partial charge in [0.05, 0.1) is 16.8 Å². The second-order valence-electron chi connectivity index (χ2n) is 5.02. The molecule has 0 radical (unpaired) electrons. The first kappa shape index (κ1) is 13.4. The highest BCUT2D eigenvalue weighted by atomic mass is 35.5. The fraction of sp³-hybridized carbons (Fsp3) is 0.308. The number of para-hydroxylation sites is 2. The van der Waals surface area contributed by atoms with Crippen LogP contribution >= 0.6 is 23.2 Å². The van der Waals surface area contributed by atoms with Crippen LogP contribution in [0.5, 0.6) is 0 Å². The van der Waals surface area contributed by atoms with Gasteiger partial charge in [-0.25, -0.2) is 9.67 Å². The number of alkyl halides is 2. The number of rotatable bonds is 3. The van der Waals surface area contributed by atoms with Crippen LogP contribution in [-0.2, 0) is 4.79 Å². The maximum absolute atomic E-state index is 12.3. The molecule has 0 saturated heterocycles. The summed E-state index contributed by atoms with van der Waals surface area (Å²) in [6, 6.07) is 7.33. The predicted octanol–water partition coefficient (Wildman–Crippen LogP) is 2.79. The predicted molar refractivity (Wildman–Crippen MR) is 77.1 cm³/mol. The Labute approximate surface area is 125 Å². The van der Waals surface area contributed by atoms with Gasteiger partial charge in [0.25, 0.3) is 0 Å². The molecule has 3 rings (SSSR count). The number of aromatic nitrogens is 3. The van der Waals surface area contributed by atoms with Crippen LogP contribution in [0.1, 0.15) is 13.3 Å². The molecule has 1 fully saturated rings. The lowest BCUT2D eigenvalue weighted by molar-refractivity contribution is -0.120. The zero-order chi connectivity index (χ0) is 14.4. The van der Waals surface area contributed by atoms with Crippen molar-refractivity contribution >= 4 is 34.8 Å². The number of hydrogen-bond acceptors (Lipinski definition) is 3. The number of halogens is 2. The fourth-order valence-electron chi connectivity index (χ4n) is 2.02. The summed E-state index contributed by atoms with van der Waals surface area (Å²) in [6.45, 7) is 1.75. The summed E-state index contributed by atoms with van der Waals surface area (Å²) in [4.78, 5) is 16.2. The smallest absolute Gasteiger partial charge is 0.233 e. The summed E-state index contributed by atoms with van der Waals surface area (Å²) in [5.74, 6) is -0.199.